The fourth-order valence-electron chi connectivity index (χ4n) is 7.21. The van der Waals surface area contributed by atoms with E-state index in [-0.39, 0.29) is 0 Å². The minimum Gasteiger partial charge on any atom is -0.508 e. The first-order valence-electron chi connectivity index (χ1n) is 16.9. The lowest BCUT2D eigenvalue weighted by Crippen LogP contribution is -2.12. The van der Waals surface area contributed by atoms with Gasteiger partial charge < -0.3 is 5.11 Å². The monoisotopic (exact) mass is 574 g/mol. The Bertz CT molecular complexity index is 1450. The molecule has 0 amide bonds. The van der Waals surface area contributed by atoms with Crippen LogP contribution in [0.1, 0.15) is 129 Å². The van der Waals surface area contributed by atoms with Crippen LogP contribution in [0.25, 0.3) is 0 Å². The van der Waals surface area contributed by atoms with Gasteiger partial charge in [-0.05, 0) is 112 Å². The molecule has 4 rings (SSSR count). The van der Waals surface area contributed by atoms with Crippen LogP contribution in [0.4, 0.5) is 0 Å². The summed E-state index contributed by atoms with van der Waals surface area (Å²) < 4.78 is 0. The number of hydrogen-bond acceptors (Lipinski definition) is 1. The Balaban J connectivity index is 1.76. The van der Waals surface area contributed by atoms with Gasteiger partial charge in [0.25, 0.3) is 0 Å². The van der Waals surface area contributed by atoms with Gasteiger partial charge in [0.05, 0.1) is 0 Å². The third-order valence-corrected chi connectivity index (χ3v) is 9.37. The first kappa shape index (κ1) is 32.6. The highest BCUT2D eigenvalue weighted by Gasteiger charge is 2.23. The summed E-state index contributed by atoms with van der Waals surface area (Å²) in [4.78, 5) is 0. The van der Waals surface area contributed by atoms with E-state index >= 15 is 0 Å². The summed E-state index contributed by atoms with van der Waals surface area (Å²) in [7, 11) is 0. The third-order valence-electron chi connectivity index (χ3n) is 9.37. The molecule has 1 heteroatoms. The summed E-state index contributed by atoms with van der Waals surface area (Å²) in [6, 6.07) is 31.1. The van der Waals surface area contributed by atoms with E-state index in [4.69, 9.17) is 0 Å². The van der Waals surface area contributed by atoms with Crippen LogP contribution in [0.3, 0.4) is 0 Å². The first-order valence-corrected chi connectivity index (χ1v) is 16.9. The number of benzene rings is 4. The summed E-state index contributed by atoms with van der Waals surface area (Å²) in [5.74, 6) is 1.55. The average Bonchev–Trinajstić information content (AvgIpc) is 3.01. The van der Waals surface area contributed by atoms with E-state index in [9.17, 15) is 5.11 Å². The van der Waals surface area contributed by atoms with Gasteiger partial charge in [0.15, 0.2) is 0 Å². The van der Waals surface area contributed by atoms with Gasteiger partial charge in [0.1, 0.15) is 5.75 Å². The topological polar surface area (TPSA) is 20.2 Å². The van der Waals surface area contributed by atoms with Crippen molar-refractivity contribution in [1.29, 1.82) is 0 Å². The summed E-state index contributed by atoms with van der Waals surface area (Å²) in [5.41, 5.74) is 12.6. The standard InChI is InChI=1S/C42H54O/c1-7-16-33-19-10-13-22-37(33)30(4)27-36-25-26-42(43)41(29-32(6)39-24-15-12-21-35(39)18-9-3)40(36)28-31(5)38-23-14-11-20-34(38)17-8-2/h10-15,19-26,30-32,43H,7-9,16-18,27-29H2,1-6H3. The van der Waals surface area contributed by atoms with Crippen LogP contribution in [-0.4, -0.2) is 5.11 Å². The Morgan fingerprint density at radius 1 is 0.442 bits per heavy atom. The molecule has 4 aromatic rings. The predicted octanol–water partition coefficient (Wildman–Crippen LogP) is 11.3. The molecular weight excluding hydrogens is 520 g/mol. The van der Waals surface area contributed by atoms with Crippen LogP contribution < -0.4 is 0 Å². The van der Waals surface area contributed by atoms with Gasteiger partial charge in [0, 0.05) is 0 Å². The molecule has 0 saturated carbocycles. The molecule has 0 fully saturated rings. The molecule has 228 valence electrons. The molecule has 0 aliphatic rings. The van der Waals surface area contributed by atoms with Crippen molar-refractivity contribution in [3.05, 3.63) is 135 Å². The van der Waals surface area contributed by atoms with E-state index in [0.29, 0.717) is 23.5 Å². The molecular formula is C42H54O. The number of aromatic hydroxyl groups is 1. The molecule has 0 spiro atoms. The van der Waals surface area contributed by atoms with Crippen LogP contribution in [0.15, 0.2) is 84.9 Å². The molecule has 1 N–H and O–H groups in total. The molecule has 4 aromatic carbocycles. The van der Waals surface area contributed by atoms with Crippen molar-refractivity contribution in [2.24, 2.45) is 0 Å². The fourth-order valence-corrected chi connectivity index (χ4v) is 7.21. The highest BCUT2D eigenvalue weighted by atomic mass is 16.3. The van der Waals surface area contributed by atoms with Crippen LogP contribution in [0.5, 0.6) is 5.75 Å². The summed E-state index contributed by atoms with van der Waals surface area (Å²) in [6.07, 6.45) is 9.53. The molecule has 0 aromatic heterocycles. The minimum atomic E-state index is 0.327. The van der Waals surface area contributed by atoms with Crippen LogP contribution in [0.2, 0.25) is 0 Å². The summed E-state index contributed by atoms with van der Waals surface area (Å²) in [6.45, 7) is 13.9. The number of aryl methyl sites for hydroxylation is 3. The van der Waals surface area contributed by atoms with Crippen LogP contribution in [-0.2, 0) is 38.5 Å². The second-order valence-corrected chi connectivity index (χ2v) is 12.9. The van der Waals surface area contributed by atoms with Crippen molar-refractivity contribution < 1.29 is 5.11 Å². The van der Waals surface area contributed by atoms with E-state index in [2.05, 4.69) is 120 Å². The SMILES string of the molecule is CCCc1ccccc1C(C)Cc1ccc(O)c(CC(C)c2ccccc2CCC)c1CC(C)c1ccccc1CCC. The van der Waals surface area contributed by atoms with E-state index in [0.717, 1.165) is 63.4 Å². The van der Waals surface area contributed by atoms with E-state index in [1.165, 1.54) is 44.5 Å². The van der Waals surface area contributed by atoms with Crippen molar-refractivity contribution in [1.82, 2.24) is 0 Å². The lowest BCUT2D eigenvalue weighted by atomic mass is 9.79. The Hall–Kier alpha value is -3.32. The summed E-state index contributed by atoms with van der Waals surface area (Å²) in [5, 5.41) is 11.5. The maximum Gasteiger partial charge on any atom is 0.119 e. The van der Waals surface area contributed by atoms with E-state index < -0.39 is 0 Å². The first-order chi connectivity index (χ1) is 20.9. The molecule has 0 aliphatic heterocycles. The van der Waals surface area contributed by atoms with Gasteiger partial charge in [0.2, 0.25) is 0 Å². The summed E-state index contributed by atoms with van der Waals surface area (Å²) >= 11 is 0. The molecule has 1 nitrogen and oxygen atoms in total. The Labute approximate surface area is 262 Å². The number of rotatable bonds is 15. The second kappa shape index (κ2) is 15.9. The van der Waals surface area contributed by atoms with E-state index in [1.807, 2.05) is 6.07 Å². The molecule has 0 heterocycles. The fraction of sp³-hybridized carbons (Fsp3) is 0.429. The van der Waals surface area contributed by atoms with Crippen molar-refractivity contribution in [2.45, 2.75) is 117 Å². The smallest absolute Gasteiger partial charge is 0.119 e. The largest absolute Gasteiger partial charge is 0.508 e. The molecule has 3 atom stereocenters. The van der Waals surface area contributed by atoms with Crippen molar-refractivity contribution in [3.8, 4) is 5.75 Å². The number of phenols is 1. The Morgan fingerprint density at radius 2 is 0.814 bits per heavy atom. The Morgan fingerprint density at radius 3 is 1.23 bits per heavy atom. The molecule has 0 aliphatic carbocycles. The minimum absolute atomic E-state index is 0.327. The van der Waals surface area contributed by atoms with Gasteiger partial charge in [-0.2, -0.15) is 0 Å². The van der Waals surface area contributed by atoms with Crippen molar-refractivity contribution >= 4 is 0 Å². The van der Waals surface area contributed by atoms with Gasteiger partial charge >= 0.3 is 0 Å². The van der Waals surface area contributed by atoms with Gasteiger partial charge in [-0.15, -0.1) is 0 Å². The highest BCUT2D eigenvalue weighted by molar-refractivity contribution is 5.48. The zero-order chi connectivity index (χ0) is 30.8. The van der Waals surface area contributed by atoms with Gasteiger partial charge in [-0.1, -0.05) is 140 Å². The van der Waals surface area contributed by atoms with E-state index in [1.54, 1.807) is 0 Å². The van der Waals surface area contributed by atoms with Crippen molar-refractivity contribution in [2.75, 3.05) is 0 Å². The zero-order valence-electron chi connectivity index (χ0n) is 27.6. The zero-order valence-corrected chi connectivity index (χ0v) is 27.6. The molecule has 0 saturated heterocycles. The Kier molecular flexibility index (Phi) is 12.1. The van der Waals surface area contributed by atoms with Gasteiger partial charge in [-0.3, -0.25) is 0 Å². The maximum atomic E-state index is 11.5. The normalized spacial score (nSPS) is 13.5. The molecule has 43 heavy (non-hydrogen) atoms. The quantitative estimate of drug-likeness (QED) is 0.150. The number of phenolic OH excluding ortho intramolecular Hbond substituents is 1. The lowest BCUT2D eigenvalue weighted by Gasteiger charge is -2.25. The molecule has 0 radical (unpaired) electrons. The van der Waals surface area contributed by atoms with Crippen LogP contribution >= 0.6 is 0 Å². The average molecular weight is 575 g/mol. The predicted molar refractivity (Wildman–Crippen MR) is 186 cm³/mol. The second-order valence-electron chi connectivity index (χ2n) is 12.9. The van der Waals surface area contributed by atoms with Crippen LogP contribution in [0, 0.1) is 0 Å². The maximum absolute atomic E-state index is 11.5. The van der Waals surface area contributed by atoms with Gasteiger partial charge in [-0.25, -0.2) is 0 Å². The molecule has 3 unspecified atom stereocenters. The molecule has 0 bridgehead atoms. The highest BCUT2D eigenvalue weighted by Crippen LogP contribution is 2.37. The lowest BCUT2D eigenvalue weighted by molar-refractivity contribution is 0.463. The number of hydrogen-bond donors (Lipinski definition) is 1. The van der Waals surface area contributed by atoms with Crippen molar-refractivity contribution in [3.63, 3.8) is 0 Å². The third kappa shape index (κ3) is 8.20.